The Kier molecular flexibility index (Phi) is 4.42. The lowest BCUT2D eigenvalue weighted by Gasteiger charge is -2.24. The van der Waals surface area contributed by atoms with Gasteiger partial charge in [0.05, 0.1) is 4.90 Å². The first-order valence-corrected chi connectivity index (χ1v) is 8.51. The van der Waals surface area contributed by atoms with Crippen LogP contribution in [0.5, 0.6) is 0 Å². The Morgan fingerprint density at radius 2 is 1.86 bits per heavy atom. The number of hydrogen-bond donors (Lipinski definition) is 0. The van der Waals surface area contributed by atoms with Crippen molar-refractivity contribution < 1.29 is 8.42 Å². The number of sulfonamides is 1. The van der Waals surface area contributed by atoms with E-state index in [1.54, 1.807) is 42.6 Å². The van der Waals surface area contributed by atoms with E-state index < -0.39 is 15.4 Å². The molecule has 1 aromatic carbocycles. The van der Waals surface area contributed by atoms with Gasteiger partial charge in [-0.1, -0.05) is 62.1 Å². The molecule has 0 aliphatic carbocycles. The number of nitrogens with zero attached hydrogens (tertiary/aromatic N) is 1. The summed E-state index contributed by atoms with van der Waals surface area (Å²) in [5.74, 6) is 0. The fourth-order valence-electron chi connectivity index (χ4n) is 2.48. The number of aryl methyl sites for hydroxylation is 1. The van der Waals surface area contributed by atoms with Crippen LogP contribution in [0.25, 0.3) is 0 Å². The SMILES string of the molecule is C=C/C=C/C1(C)CN(S(=O)(=O)c2ccc(C)cc2)C=C1C=C. The smallest absolute Gasteiger partial charge is 0.263 e. The van der Waals surface area contributed by atoms with Crippen molar-refractivity contribution in [3.8, 4) is 0 Å². The van der Waals surface area contributed by atoms with E-state index in [2.05, 4.69) is 13.2 Å². The second-order valence-corrected chi connectivity index (χ2v) is 7.55. The molecule has 1 atom stereocenters. The van der Waals surface area contributed by atoms with Gasteiger partial charge in [-0.25, -0.2) is 8.42 Å². The zero-order valence-electron chi connectivity index (χ0n) is 13.0. The summed E-state index contributed by atoms with van der Waals surface area (Å²) >= 11 is 0. The van der Waals surface area contributed by atoms with Gasteiger partial charge >= 0.3 is 0 Å². The zero-order valence-corrected chi connectivity index (χ0v) is 13.8. The summed E-state index contributed by atoms with van der Waals surface area (Å²) in [6.07, 6.45) is 8.84. The normalized spacial score (nSPS) is 21.9. The molecule has 3 nitrogen and oxygen atoms in total. The van der Waals surface area contributed by atoms with Crippen LogP contribution < -0.4 is 0 Å². The van der Waals surface area contributed by atoms with Gasteiger partial charge in [-0.05, 0) is 24.6 Å². The van der Waals surface area contributed by atoms with E-state index in [0.717, 1.165) is 11.1 Å². The third-order valence-electron chi connectivity index (χ3n) is 3.87. The third-order valence-corrected chi connectivity index (χ3v) is 5.59. The highest BCUT2D eigenvalue weighted by Gasteiger charge is 2.37. The van der Waals surface area contributed by atoms with Crippen LogP contribution in [0.4, 0.5) is 0 Å². The fourth-order valence-corrected chi connectivity index (χ4v) is 3.92. The highest BCUT2D eigenvalue weighted by Crippen LogP contribution is 2.39. The predicted molar refractivity (Wildman–Crippen MR) is 90.8 cm³/mol. The van der Waals surface area contributed by atoms with Crippen molar-refractivity contribution in [3.63, 3.8) is 0 Å². The lowest BCUT2D eigenvalue weighted by Crippen LogP contribution is -2.30. The molecule has 0 radical (unpaired) electrons. The number of hydrogen-bond acceptors (Lipinski definition) is 2. The van der Waals surface area contributed by atoms with E-state index in [1.165, 1.54) is 4.31 Å². The summed E-state index contributed by atoms with van der Waals surface area (Å²) < 4.78 is 26.9. The van der Waals surface area contributed by atoms with Crippen LogP contribution in [0, 0.1) is 12.3 Å². The van der Waals surface area contributed by atoms with E-state index >= 15 is 0 Å². The van der Waals surface area contributed by atoms with Gasteiger partial charge < -0.3 is 0 Å². The Morgan fingerprint density at radius 3 is 2.41 bits per heavy atom. The summed E-state index contributed by atoms with van der Waals surface area (Å²) in [5.41, 5.74) is 1.51. The van der Waals surface area contributed by atoms with Crippen molar-refractivity contribution in [1.82, 2.24) is 4.31 Å². The molecule has 22 heavy (non-hydrogen) atoms. The van der Waals surface area contributed by atoms with Crippen molar-refractivity contribution in [3.05, 3.63) is 79.1 Å². The molecule has 0 aromatic heterocycles. The molecular weight excluding hydrogens is 294 g/mol. The van der Waals surface area contributed by atoms with Crippen molar-refractivity contribution >= 4 is 10.0 Å². The van der Waals surface area contributed by atoms with Crippen LogP contribution in [-0.4, -0.2) is 19.3 Å². The molecule has 1 aliphatic heterocycles. The fraction of sp³-hybridized carbons (Fsp3) is 0.222. The van der Waals surface area contributed by atoms with Crippen LogP contribution in [0.1, 0.15) is 12.5 Å². The Hall–Kier alpha value is -2.07. The van der Waals surface area contributed by atoms with Crippen LogP contribution in [0.15, 0.2) is 78.4 Å². The van der Waals surface area contributed by atoms with Crippen molar-refractivity contribution in [1.29, 1.82) is 0 Å². The van der Waals surface area contributed by atoms with Crippen molar-refractivity contribution in [2.24, 2.45) is 5.41 Å². The molecule has 0 saturated heterocycles. The zero-order chi connectivity index (χ0) is 16.4. The minimum Gasteiger partial charge on any atom is -0.272 e. The number of allylic oxidation sites excluding steroid dienone is 3. The van der Waals surface area contributed by atoms with E-state index in [4.69, 9.17) is 0 Å². The molecule has 0 saturated carbocycles. The number of benzene rings is 1. The Bertz CT molecular complexity index is 742. The number of rotatable bonds is 5. The average molecular weight is 315 g/mol. The van der Waals surface area contributed by atoms with Crippen molar-refractivity contribution in [2.75, 3.05) is 6.54 Å². The van der Waals surface area contributed by atoms with Crippen LogP contribution in [-0.2, 0) is 10.0 Å². The van der Waals surface area contributed by atoms with Crippen LogP contribution in [0.2, 0.25) is 0 Å². The third kappa shape index (κ3) is 2.92. The summed E-state index contributed by atoms with van der Waals surface area (Å²) in [6, 6.07) is 6.89. The van der Waals surface area contributed by atoms with Crippen molar-refractivity contribution in [2.45, 2.75) is 18.7 Å². The second-order valence-electron chi connectivity index (χ2n) is 5.66. The summed E-state index contributed by atoms with van der Waals surface area (Å²) in [7, 11) is -3.55. The summed E-state index contributed by atoms with van der Waals surface area (Å²) in [5, 5.41) is 0. The molecule has 0 spiro atoms. The molecule has 0 N–H and O–H groups in total. The molecule has 1 heterocycles. The molecule has 116 valence electrons. The maximum absolute atomic E-state index is 12.8. The van der Waals surface area contributed by atoms with E-state index in [9.17, 15) is 8.42 Å². The standard InChI is InChI=1S/C18H21NO2S/c1-5-7-12-18(4)14-19(13-16(18)6-2)22(20,21)17-10-8-15(3)9-11-17/h5-13H,1-2,14H2,3-4H3/b12-7+. The second kappa shape index (κ2) is 5.97. The van der Waals surface area contributed by atoms with E-state index in [0.29, 0.717) is 11.4 Å². The van der Waals surface area contributed by atoms with Crippen LogP contribution in [0.3, 0.4) is 0 Å². The Labute approximate surface area is 133 Å². The highest BCUT2D eigenvalue weighted by atomic mass is 32.2. The lowest BCUT2D eigenvalue weighted by molar-refractivity contribution is 0.436. The minimum absolute atomic E-state index is 0.301. The first kappa shape index (κ1) is 16.3. The van der Waals surface area contributed by atoms with Gasteiger partial charge in [-0.15, -0.1) is 0 Å². The topological polar surface area (TPSA) is 37.4 Å². The summed E-state index contributed by atoms with van der Waals surface area (Å²) in [6.45, 7) is 11.7. The molecule has 1 aromatic rings. The van der Waals surface area contributed by atoms with E-state index in [-0.39, 0.29) is 0 Å². The highest BCUT2D eigenvalue weighted by molar-refractivity contribution is 7.89. The van der Waals surface area contributed by atoms with Crippen LogP contribution >= 0.6 is 0 Å². The predicted octanol–water partition coefficient (Wildman–Crippen LogP) is 3.82. The van der Waals surface area contributed by atoms with Gasteiger partial charge in [0.15, 0.2) is 0 Å². The molecule has 0 bridgehead atoms. The van der Waals surface area contributed by atoms with Gasteiger partial charge in [0.25, 0.3) is 10.0 Å². The Morgan fingerprint density at radius 1 is 1.23 bits per heavy atom. The average Bonchev–Trinajstić information content (AvgIpc) is 2.84. The molecule has 2 rings (SSSR count). The largest absolute Gasteiger partial charge is 0.272 e. The van der Waals surface area contributed by atoms with Gasteiger partial charge in [0.1, 0.15) is 0 Å². The minimum atomic E-state index is -3.55. The maximum atomic E-state index is 12.8. The lowest BCUT2D eigenvalue weighted by atomic mass is 9.84. The quantitative estimate of drug-likeness (QED) is 0.775. The Balaban J connectivity index is 2.40. The maximum Gasteiger partial charge on any atom is 0.263 e. The molecule has 0 amide bonds. The monoisotopic (exact) mass is 315 g/mol. The molecule has 1 unspecified atom stereocenters. The van der Waals surface area contributed by atoms with E-state index in [1.807, 2.05) is 26.0 Å². The molecule has 4 heteroatoms. The molecular formula is C18H21NO2S. The first-order valence-electron chi connectivity index (χ1n) is 7.07. The molecule has 0 fully saturated rings. The van der Waals surface area contributed by atoms with Gasteiger partial charge in [0, 0.05) is 18.2 Å². The van der Waals surface area contributed by atoms with Gasteiger partial charge in [-0.3, -0.25) is 4.31 Å². The summed E-state index contributed by atoms with van der Waals surface area (Å²) in [4.78, 5) is 0.301. The first-order chi connectivity index (χ1) is 10.3. The molecule has 1 aliphatic rings. The van der Waals surface area contributed by atoms with Gasteiger partial charge in [-0.2, -0.15) is 0 Å². The van der Waals surface area contributed by atoms with Gasteiger partial charge in [0.2, 0.25) is 0 Å².